The largest absolute Gasteiger partial charge is 0.507 e. The van der Waals surface area contributed by atoms with Crippen LogP contribution in [0.4, 0.5) is 5.69 Å². The minimum atomic E-state index is -0.415. The van der Waals surface area contributed by atoms with Crippen LogP contribution in [-0.4, -0.2) is 41.1 Å². The van der Waals surface area contributed by atoms with Crippen LogP contribution in [0.1, 0.15) is 30.5 Å². The average Bonchev–Trinajstić information content (AvgIpc) is 2.48. The van der Waals surface area contributed by atoms with E-state index >= 15 is 0 Å². The Kier molecular flexibility index (Phi) is 5.15. The van der Waals surface area contributed by atoms with Crippen molar-refractivity contribution < 1.29 is 10.0 Å². The third kappa shape index (κ3) is 3.45. The number of aromatic hydroxyl groups is 1. The molecule has 0 radical (unpaired) electrons. The van der Waals surface area contributed by atoms with Crippen molar-refractivity contribution in [3.8, 4) is 5.75 Å². The average molecular weight is 305 g/mol. The second-order valence-electron chi connectivity index (χ2n) is 5.88. The van der Waals surface area contributed by atoms with Crippen molar-refractivity contribution in [1.82, 2.24) is 10.2 Å². The van der Waals surface area contributed by atoms with E-state index < -0.39 is 4.92 Å². The summed E-state index contributed by atoms with van der Waals surface area (Å²) in [6.45, 7) is 10.9. The van der Waals surface area contributed by atoms with Gasteiger partial charge in [-0.15, -0.1) is 6.58 Å². The van der Waals surface area contributed by atoms with Gasteiger partial charge in [0, 0.05) is 38.3 Å². The minimum Gasteiger partial charge on any atom is -0.507 e. The zero-order valence-electron chi connectivity index (χ0n) is 13.1. The molecule has 1 aliphatic heterocycles. The van der Waals surface area contributed by atoms with Crippen molar-refractivity contribution in [2.75, 3.05) is 26.2 Å². The summed E-state index contributed by atoms with van der Waals surface area (Å²) in [5.41, 5.74) is 1.99. The number of nitrogens with zero attached hydrogens (tertiary/aromatic N) is 2. The van der Waals surface area contributed by atoms with Crippen LogP contribution in [0.25, 0.3) is 0 Å². The second-order valence-corrected chi connectivity index (χ2v) is 5.88. The van der Waals surface area contributed by atoms with Crippen LogP contribution in [-0.2, 0) is 0 Å². The fourth-order valence-electron chi connectivity index (χ4n) is 2.93. The van der Waals surface area contributed by atoms with E-state index in [-0.39, 0.29) is 17.5 Å². The van der Waals surface area contributed by atoms with Crippen LogP contribution < -0.4 is 5.32 Å². The van der Waals surface area contributed by atoms with Crippen LogP contribution in [0.2, 0.25) is 0 Å². The first-order valence-corrected chi connectivity index (χ1v) is 7.47. The van der Waals surface area contributed by atoms with E-state index in [0.717, 1.165) is 31.8 Å². The monoisotopic (exact) mass is 305 g/mol. The fourth-order valence-corrected chi connectivity index (χ4v) is 2.93. The standard InChI is InChI=1S/C16H23N3O3/c1-11(2)10-14(18-8-6-17-7-9-18)15-13(19(21)22)5-4-12(3)16(15)20/h4-5,14,17,20H,1,6-10H2,2-3H3/t14-/m0/s1. The van der Waals surface area contributed by atoms with Crippen LogP contribution in [0.5, 0.6) is 5.75 Å². The molecule has 1 aromatic carbocycles. The molecule has 2 rings (SSSR count). The van der Waals surface area contributed by atoms with Crippen molar-refractivity contribution in [2.45, 2.75) is 26.3 Å². The highest BCUT2D eigenvalue weighted by Gasteiger charge is 2.31. The van der Waals surface area contributed by atoms with Crippen LogP contribution in [0.15, 0.2) is 24.3 Å². The Morgan fingerprint density at radius 1 is 1.50 bits per heavy atom. The molecule has 6 nitrogen and oxygen atoms in total. The van der Waals surface area contributed by atoms with E-state index in [2.05, 4.69) is 16.8 Å². The van der Waals surface area contributed by atoms with Crippen LogP contribution in [0.3, 0.4) is 0 Å². The Hall–Kier alpha value is -1.92. The summed E-state index contributed by atoms with van der Waals surface area (Å²) in [6.07, 6.45) is 0.595. The lowest BCUT2D eigenvalue weighted by molar-refractivity contribution is -0.386. The number of nitro benzene ring substituents is 1. The molecule has 0 unspecified atom stereocenters. The molecule has 1 heterocycles. The number of aryl methyl sites for hydroxylation is 1. The maximum absolute atomic E-state index is 11.4. The van der Waals surface area contributed by atoms with Gasteiger partial charge in [-0.05, 0) is 31.9 Å². The van der Waals surface area contributed by atoms with Crippen molar-refractivity contribution >= 4 is 5.69 Å². The number of phenols is 1. The SMILES string of the molecule is C=C(C)C[C@@H](c1c([N+](=O)[O-])ccc(C)c1O)N1CCNCC1. The zero-order valence-corrected chi connectivity index (χ0v) is 13.1. The highest BCUT2D eigenvalue weighted by molar-refractivity contribution is 5.54. The summed E-state index contributed by atoms with van der Waals surface area (Å²) in [7, 11) is 0. The highest BCUT2D eigenvalue weighted by atomic mass is 16.6. The molecule has 0 bridgehead atoms. The third-order valence-corrected chi connectivity index (χ3v) is 4.06. The Balaban J connectivity index is 2.52. The van der Waals surface area contributed by atoms with Crippen molar-refractivity contribution in [1.29, 1.82) is 0 Å². The number of piperazine rings is 1. The number of nitro groups is 1. The van der Waals surface area contributed by atoms with E-state index in [1.54, 1.807) is 13.0 Å². The normalized spacial score (nSPS) is 17.2. The molecular formula is C16H23N3O3. The number of hydrogen-bond acceptors (Lipinski definition) is 5. The molecule has 0 spiro atoms. The number of rotatable bonds is 5. The predicted octanol–water partition coefficient (Wildman–Crippen LogP) is 2.52. The highest BCUT2D eigenvalue weighted by Crippen LogP contribution is 2.41. The quantitative estimate of drug-likeness (QED) is 0.496. The first-order valence-electron chi connectivity index (χ1n) is 7.47. The lowest BCUT2D eigenvalue weighted by atomic mass is 9.94. The van der Waals surface area contributed by atoms with E-state index in [0.29, 0.717) is 17.5 Å². The molecule has 1 atom stereocenters. The maximum Gasteiger partial charge on any atom is 0.277 e. The lowest BCUT2D eigenvalue weighted by Crippen LogP contribution is -2.45. The number of phenolic OH excluding ortho intramolecular Hbond substituents is 1. The summed E-state index contributed by atoms with van der Waals surface area (Å²) in [5, 5.41) is 25.1. The van der Waals surface area contributed by atoms with Gasteiger partial charge in [-0.3, -0.25) is 15.0 Å². The van der Waals surface area contributed by atoms with Gasteiger partial charge >= 0.3 is 0 Å². The molecule has 0 saturated carbocycles. The first kappa shape index (κ1) is 16.5. The van der Waals surface area contributed by atoms with E-state index in [1.807, 2.05) is 6.92 Å². The molecule has 2 N–H and O–H groups in total. The van der Waals surface area contributed by atoms with Crippen LogP contribution >= 0.6 is 0 Å². The molecule has 1 aromatic rings. The van der Waals surface area contributed by atoms with Gasteiger partial charge in [0.05, 0.1) is 10.5 Å². The molecular weight excluding hydrogens is 282 g/mol. The van der Waals surface area contributed by atoms with Gasteiger partial charge in [-0.1, -0.05) is 5.57 Å². The van der Waals surface area contributed by atoms with Gasteiger partial charge in [0.1, 0.15) is 5.75 Å². The molecule has 1 saturated heterocycles. The van der Waals surface area contributed by atoms with Crippen molar-refractivity contribution in [3.05, 3.63) is 45.5 Å². The van der Waals surface area contributed by atoms with Crippen molar-refractivity contribution in [3.63, 3.8) is 0 Å². The van der Waals surface area contributed by atoms with Crippen molar-refractivity contribution in [2.24, 2.45) is 0 Å². The number of benzene rings is 1. The molecule has 0 aliphatic carbocycles. The molecule has 0 amide bonds. The smallest absolute Gasteiger partial charge is 0.277 e. The number of nitrogens with one attached hydrogen (secondary N) is 1. The summed E-state index contributed by atoms with van der Waals surface area (Å²) >= 11 is 0. The molecule has 0 aromatic heterocycles. The first-order chi connectivity index (χ1) is 10.4. The van der Waals surface area contributed by atoms with Gasteiger partial charge in [-0.2, -0.15) is 0 Å². The topological polar surface area (TPSA) is 78.6 Å². The van der Waals surface area contributed by atoms with Gasteiger partial charge in [0.15, 0.2) is 0 Å². The van der Waals surface area contributed by atoms with Crippen LogP contribution in [0, 0.1) is 17.0 Å². The summed E-state index contributed by atoms with van der Waals surface area (Å²) in [5.74, 6) is 0.0268. The maximum atomic E-state index is 11.4. The Morgan fingerprint density at radius 3 is 2.68 bits per heavy atom. The van der Waals surface area contributed by atoms with Gasteiger partial charge in [0.2, 0.25) is 0 Å². The predicted molar refractivity (Wildman–Crippen MR) is 86.1 cm³/mol. The summed E-state index contributed by atoms with van der Waals surface area (Å²) in [6, 6.07) is 2.85. The summed E-state index contributed by atoms with van der Waals surface area (Å²) in [4.78, 5) is 13.2. The summed E-state index contributed by atoms with van der Waals surface area (Å²) < 4.78 is 0. The van der Waals surface area contributed by atoms with E-state index in [1.165, 1.54) is 6.07 Å². The second kappa shape index (κ2) is 6.89. The molecule has 1 fully saturated rings. The Labute approximate surface area is 130 Å². The van der Waals surface area contributed by atoms with Gasteiger partial charge in [0.25, 0.3) is 5.69 Å². The minimum absolute atomic E-state index is 0.0205. The van der Waals surface area contributed by atoms with Gasteiger partial charge < -0.3 is 10.4 Å². The number of hydrogen-bond donors (Lipinski definition) is 2. The molecule has 6 heteroatoms. The zero-order chi connectivity index (χ0) is 16.3. The molecule has 22 heavy (non-hydrogen) atoms. The third-order valence-electron chi connectivity index (χ3n) is 4.06. The lowest BCUT2D eigenvalue weighted by Gasteiger charge is -2.35. The van der Waals surface area contributed by atoms with E-state index in [9.17, 15) is 15.2 Å². The van der Waals surface area contributed by atoms with Gasteiger partial charge in [-0.25, -0.2) is 0 Å². The molecule has 120 valence electrons. The Bertz CT molecular complexity index is 580. The Morgan fingerprint density at radius 2 is 2.14 bits per heavy atom. The van der Waals surface area contributed by atoms with E-state index in [4.69, 9.17) is 0 Å². The fraction of sp³-hybridized carbons (Fsp3) is 0.500. The molecule has 1 aliphatic rings.